The lowest BCUT2D eigenvalue weighted by molar-refractivity contribution is -0.118. The molecule has 1 N–H and O–H groups in total. The van der Waals surface area contributed by atoms with Gasteiger partial charge in [0, 0.05) is 29.8 Å². The van der Waals surface area contributed by atoms with Crippen molar-refractivity contribution in [2.45, 2.75) is 13.8 Å². The van der Waals surface area contributed by atoms with Gasteiger partial charge in [-0.2, -0.15) is 0 Å². The molecule has 88 valence electrons. The molecule has 0 saturated heterocycles. The second-order valence-corrected chi connectivity index (χ2v) is 3.75. The maximum absolute atomic E-state index is 11.5. The molecule has 0 saturated carbocycles. The lowest BCUT2D eigenvalue weighted by Gasteiger charge is -2.11. The Hall–Kier alpha value is -1.71. The minimum atomic E-state index is -0.0582. The summed E-state index contributed by atoms with van der Waals surface area (Å²) in [7, 11) is 3.14. The van der Waals surface area contributed by atoms with Gasteiger partial charge in [0.25, 0.3) is 0 Å². The molecule has 16 heavy (non-hydrogen) atoms. The van der Waals surface area contributed by atoms with Crippen molar-refractivity contribution in [1.82, 2.24) is 0 Å². The highest BCUT2D eigenvalue weighted by atomic mass is 16.5. The molecule has 0 radical (unpaired) electrons. The normalized spacial score (nSPS) is 10.1. The van der Waals surface area contributed by atoms with Crippen LogP contribution in [-0.4, -0.2) is 20.1 Å². The van der Waals surface area contributed by atoms with Crippen LogP contribution < -0.4 is 14.8 Å². The number of nitrogens with one attached hydrogen (secondary N) is 1. The summed E-state index contributed by atoms with van der Waals surface area (Å²) in [5.74, 6) is 1.21. The van der Waals surface area contributed by atoms with E-state index in [9.17, 15) is 4.79 Å². The van der Waals surface area contributed by atoms with Gasteiger partial charge in [-0.1, -0.05) is 13.8 Å². The highest BCUT2D eigenvalue weighted by Gasteiger charge is 2.09. The van der Waals surface area contributed by atoms with Crippen molar-refractivity contribution in [3.63, 3.8) is 0 Å². The third-order valence-electron chi connectivity index (χ3n) is 2.14. The van der Waals surface area contributed by atoms with Crippen molar-refractivity contribution in [3.8, 4) is 11.5 Å². The number of carbonyl (C=O) groups excluding carboxylic acids is 1. The van der Waals surface area contributed by atoms with Gasteiger partial charge < -0.3 is 14.8 Å². The van der Waals surface area contributed by atoms with Crippen molar-refractivity contribution >= 4 is 11.6 Å². The molecule has 0 spiro atoms. The van der Waals surface area contributed by atoms with Gasteiger partial charge in [-0.15, -0.1) is 0 Å². The second kappa shape index (κ2) is 5.39. The van der Waals surface area contributed by atoms with Crippen LogP contribution >= 0.6 is 0 Å². The molecule has 0 atom stereocenters. The van der Waals surface area contributed by atoms with Crippen LogP contribution in [0.15, 0.2) is 18.2 Å². The largest absolute Gasteiger partial charge is 0.497 e. The third kappa shape index (κ3) is 3.15. The van der Waals surface area contributed by atoms with Crippen LogP contribution in [0.4, 0.5) is 5.69 Å². The standard InChI is InChI=1S/C12H17NO3/c1-8(2)12(14)13-9-5-10(15-3)7-11(6-9)16-4/h5-8H,1-4H3,(H,13,14). The Bertz CT molecular complexity index is 352. The minimum Gasteiger partial charge on any atom is -0.497 e. The summed E-state index contributed by atoms with van der Waals surface area (Å²) in [5, 5.41) is 2.79. The van der Waals surface area contributed by atoms with E-state index in [4.69, 9.17) is 9.47 Å². The molecule has 4 heteroatoms. The van der Waals surface area contributed by atoms with Gasteiger partial charge in [0.15, 0.2) is 0 Å². The van der Waals surface area contributed by atoms with Gasteiger partial charge in [0.1, 0.15) is 11.5 Å². The molecule has 1 rings (SSSR count). The number of carbonyl (C=O) groups is 1. The summed E-state index contributed by atoms with van der Waals surface area (Å²) in [6.45, 7) is 3.68. The van der Waals surface area contributed by atoms with Crippen LogP contribution in [0.2, 0.25) is 0 Å². The Morgan fingerprint density at radius 2 is 1.62 bits per heavy atom. The summed E-state index contributed by atoms with van der Waals surface area (Å²) < 4.78 is 10.2. The number of anilines is 1. The van der Waals surface area contributed by atoms with Gasteiger partial charge >= 0.3 is 0 Å². The zero-order valence-electron chi connectivity index (χ0n) is 10.0. The third-order valence-corrected chi connectivity index (χ3v) is 2.14. The number of hydrogen-bond donors (Lipinski definition) is 1. The van der Waals surface area contributed by atoms with Gasteiger partial charge in [0.2, 0.25) is 5.91 Å². The predicted molar refractivity (Wildman–Crippen MR) is 63.0 cm³/mol. The zero-order chi connectivity index (χ0) is 12.1. The smallest absolute Gasteiger partial charge is 0.226 e. The van der Waals surface area contributed by atoms with E-state index in [-0.39, 0.29) is 11.8 Å². The molecular weight excluding hydrogens is 206 g/mol. The van der Waals surface area contributed by atoms with E-state index in [1.165, 1.54) is 0 Å². The molecule has 0 aliphatic carbocycles. The topological polar surface area (TPSA) is 47.6 Å². The maximum Gasteiger partial charge on any atom is 0.226 e. The number of methoxy groups -OCH3 is 2. The van der Waals surface area contributed by atoms with Crippen molar-refractivity contribution in [3.05, 3.63) is 18.2 Å². The molecule has 0 heterocycles. The average Bonchev–Trinajstić information content (AvgIpc) is 2.28. The summed E-state index contributed by atoms with van der Waals surface area (Å²) >= 11 is 0. The molecule has 0 aliphatic heterocycles. The second-order valence-electron chi connectivity index (χ2n) is 3.75. The quantitative estimate of drug-likeness (QED) is 0.852. The van der Waals surface area contributed by atoms with Crippen molar-refractivity contribution in [2.75, 3.05) is 19.5 Å². The first-order valence-electron chi connectivity index (χ1n) is 5.10. The fraction of sp³-hybridized carbons (Fsp3) is 0.417. The maximum atomic E-state index is 11.5. The Morgan fingerprint density at radius 3 is 2.00 bits per heavy atom. The number of amides is 1. The first-order chi connectivity index (χ1) is 7.56. The molecule has 0 unspecified atom stereocenters. The first-order valence-corrected chi connectivity index (χ1v) is 5.10. The SMILES string of the molecule is COc1cc(NC(=O)C(C)C)cc(OC)c1. The Labute approximate surface area is 95.6 Å². The van der Waals surface area contributed by atoms with E-state index in [1.54, 1.807) is 32.4 Å². The van der Waals surface area contributed by atoms with E-state index >= 15 is 0 Å². The molecule has 0 aromatic heterocycles. The van der Waals surface area contributed by atoms with Crippen LogP contribution in [-0.2, 0) is 4.79 Å². The number of benzene rings is 1. The van der Waals surface area contributed by atoms with Crippen molar-refractivity contribution in [2.24, 2.45) is 5.92 Å². The van der Waals surface area contributed by atoms with E-state index in [2.05, 4.69) is 5.32 Å². The molecule has 0 bridgehead atoms. The van der Waals surface area contributed by atoms with E-state index in [0.717, 1.165) is 0 Å². The minimum absolute atomic E-state index is 0.0321. The summed E-state index contributed by atoms with van der Waals surface area (Å²) in [5.41, 5.74) is 0.676. The monoisotopic (exact) mass is 223 g/mol. The Balaban J connectivity index is 2.91. The number of ether oxygens (including phenoxy) is 2. The van der Waals surface area contributed by atoms with E-state index < -0.39 is 0 Å². The highest BCUT2D eigenvalue weighted by molar-refractivity contribution is 5.92. The van der Waals surface area contributed by atoms with E-state index in [0.29, 0.717) is 17.2 Å². The zero-order valence-corrected chi connectivity index (χ0v) is 10.0. The summed E-state index contributed by atoms with van der Waals surface area (Å²) in [6.07, 6.45) is 0. The Morgan fingerprint density at radius 1 is 1.12 bits per heavy atom. The predicted octanol–water partition coefficient (Wildman–Crippen LogP) is 2.30. The summed E-state index contributed by atoms with van der Waals surface area (Å²) in [4.78, 5) is 11.5. The van der Waals surface area contributed by atoms with Crippen molar-refractivity contribution < 1.29 is 14.3 Å². The van der Waals surface area contributed by atoms with Gasteiger partial charge in [-0.3, -0.25) is 4.79 Å². The lowest BCUT2D eigenvalue weighted by atomic mass is 10.2. The molecular formula is C12H17NO3. The Kier molecular flexibility index (Phi) is 4.17. The first kappa shape index (κ1) is 12.4. The average molecular weight is 223 g/mol. The van der Waals surface area contributed by atoms with Crippen LogP contribution in [0.1, 0.15) is 13.8 Å². The van der Waals surface area contributed by atoms with Crippen LogP contribution in [0.5, 0.6) is 11.5 Å². The molecule has 0 fully saturated rings. The number of rotatable bonds is 4. The molecule has 4 nitrogen and oxygen atoms in total. The van der Waals surface area contributed by atoms with Crippen LogP contribution in [0, 0.1) is 5.92 Å². The van der Waals surface area contributed by atoms with Crippen LogP contribution in [0.3, 0.4) is 0 Å². The molecule has 1 amide bonds. The van der Waals surface area contributed by atoms with Gasteiger partial charge in [-0.05, 0) is 0 Å². The number of hydrogen-bond acceptors (Lipinski definition) is 3. The summed E-state index contributed by atoms with van der Waals surface area (Å²) in [6, 6.07) is 5.26. The fourth-order valence-corrected chi connectivity index (χ4v) is 1.17. The van der Waals surface area contributed by atoms with Gasteiger partial charge in [0.05, 0.1) is 14.2 Å². The molecule has 1 aromatic carbocycles. The van der Waals surface area contributed by atoms with E-state index in [1.807, 2.05) is 13.8 Å². The van der Waals surface area contributed by atoms with Crippen LogP contribution in [0.25, 0.3) is 0 Å². The van der Waals surface area contributed by atoms with Gasteiger partial charge in [-0.25, -0.2) is 0 Å². The highest BCUT2D eigenvalue weighted by Crippen LogP contribution is 2.25. The van der Waals surface area contributed by atoms with Crippen molar-refractivity contribution in [1.29, 1.82) is 0 Å². The molecule has 0 aliphatic rings. The fourth-order valence-electron chi connectivity index (χ4n) is 1.17. The lowest BCUT2D eigenvalue weighted by Crippen LogP contribution is -2.17. The molecule has 1 aromatic rings.